The maximum Gasteiger partial charge on any atom is 0.0685 e. The highest BCUT2D eigenvalue weighted by atomic mass is 16.5. The van der Waals surface area contributed by atoms with E-state index in [4.69, 9.17) is 9.47 Å². The van der Waals surface area contributed by atoms with Crippen molar-refractivity contribution in [2.75, 3.05) is 20.3 Å². The summed E-state index contributed by atoms with van der Waals surface area (Å²) in [4.78, 5) is 0. The first-order chi connectivity index (χ1) is 10.3. The van der Waals surface area contributed by atoms with E-state index < -0.39 is 0 Å². The van der Waals surface area contributed by atoms with Gasteiger partial charge in [0.25, 0.3) is 0 Å². The molecule has 2 heterocycles. The molecule has 1 aliphatic carbocycles. The SMILES string of the molecule is CNC(CCC1CCCO1)C1CCOC2(CCCCC2)C1. The van der Waals surface area contributed by atoms with Gasteiger partial charge in [-0.15, -0.1) is 0 Å². The highest BCUT2D eigenvalue weighted by Gasteiger charge is 2.40. The van der Waals surface area contributed by atoms with Crippen LogP contribution in [0, 0.1) is 5.92 Å². The average molecular weight is 295 g/mol. The van der Waals surface area contributed by atoms with Crippen molar-refractivity contribution in [3.8, 4) is 0 Å². The van der Waals surface area contributed by atoms with E-state index in [2.05, 4.69) is 12.4 Å². The van der Waals surface area contributed by atoms with Gasteiger partial charge in [0.2, 0.25) is 0 Å². The lowest BCUT2D eigenvalue weighted by Crippen LogP contribution is -2.47. The van der Waals surface area contributed by atoms with Crippen molar-refractivity contribution in [3.05, 3.63) is 0 Å². The minimum Gasteiger partial charge on any atom is -0.378 e. The van der Waals surface area contributed by atoms with Gasteiger partial charge in [-0.2, -0.15) is 0 Å². The van der Waals surface area contributed by atoms with E-state index in [1.165, 1.54) is 70.6 Å². The van der Waals surface area contributed by atoms with Gasteiger partial charge in [0.1, 0.15) is 0 Å². The number of rotatable bonds is 5. The van der Waals surface area contributed by atoms with Gasteiger partial charge in [0.15, 0.2) is 0 Å². The van der Waals surface area contributed by atoms with E-state index in [9.17, 15) is 0 Å². The summed E-state index contributed by atoms with van der Waals surface area (Å²) in [7, 11) is 2.14. The number of nitrogens with one attached hydrogen (secondary N) is 1. The molecule has 2 aliphatic heterocycles. The van der Waals surface area contributed by atoms with Crippen molar-refractivity contribution in [2.45, 2.75) is 88.4 Å². The highest BCUT2D eigenvalue weighted by Crippen LogP contribution is 2.42. The van der Waals surface area contributed by atoms with Crippen molar-refractivity contribution >= 4 is 0 Å². The number of hydrogen-bond donors (Lipinski definition) is 1. The molecule has 0 aromatic rings. The molecular formula is C18H33NO2. The molecule has 3 rings (SSSR count). The molecule has 0 radical (unpaired) electrons. The molecule has 3 heteroatoms. The molecule has 21 heavy (non-hydrogen) atoms. The summed E-state index contributed by atoms with van der Waals surface area (Å²) in [5, 5.41) is 3.61. The molecule has 1 spiro atoms. The Morgan fingerprint density at radius 3 is 2.67 bits per heavy atom. The summed E-state index contributed by atoms with van der Waals surface area (Å²) < 4.78 is 12.0. The fraction of sp³-hybridized carbons (Fsp3) is 1.00. The Morgan fingerprint density at radius 2 is 1.95 bits per heavy atom. The first-order valence-corrected chi connectivity index (χ1v) is 9.24. The lowest BCUT2D eigenvalue weighted by Gasteiger charge is -2.45. The molecule has 3 nitrogen and oxygen atoms in total. The van der Waals surface area contributed by atoms with Gasteiger partial charge >= 0.3 is 0 Å². The van der Waals surface area contributed by atoms with Crippen LogP contribution in [0.3, 0.4) is 0 Å². The van der Waals surface area contributed by atoms with Crippen LogP contribution in [0.1, 0.15) is 70.6 Å². The van der Waals surface area contributed by atoms with Gasteiger partial charge in [-0.25, -0.2) is 0 Å². The van der Waals surface area contributed by atoms with Gasteiger partial charge in [-0.1, -0.05) is 19.3 Å². The van der Waals surface area contributed by atoms with E-state index in [0.717, 1.165) is 19.1 Å². The Kier molecular flexibility index (Phi) is 5.58. The minimum atomic E-state index is 0.236. The van der Waals surface area contributed by atoms with Crippen LogP contribution in [-0.4, -0.2) is 38.0 Å². The van der Waals surface area contributed by atoms with Crippen LogP contribution in [0.5, 0.6) is 0 Å². The summed E-state index contributed by atoms with van der Waals surface area (Å²) in [6, 6.07) is 0.650. The standard InChI is InChI=1S/C18H33NO2/c1-19-17(8-7-16-6-5-12-20-16)15-9-13-21-18(14-15)10-3-2-4-11-18/h15-17,19H,2-14H2,1H3. The fourth-order valence-corrected chi connectivity index (χ4v) is 4.81. The first-order valence-electron chi connectivity index (χ1n) is 9.24. The molecule has 0 amide bonds. The second-order valence-corrected chi connectivity index (χ2v) is 7.45. The van der Waals surface area contributed by atoms with Crippen LogP contribution in [0.4, 0.5) is 0 Å². The van der Waals surface area contributed by atoms with Crippen molar-refractivity contribution in [1.29, 1.82) is 0 Å². The predicted octanol–water partition coefficient (Wildman–Crippen LogP) is 3.66. The minimum absolute atomic E-state index is 0.236. The quantitative estimate of drug-likeness (QED) is 0.839. The van der Waals surface area contributed by atoms with Crippen LogP contribution < -0.4 is 5.32 Å². The van der Waals surface area contributed by atoms with Gasteiger partial charge < -0.3 is 14.8 Å². The van der Waals surface area contributed by atoms with Crippen LogP contribution in [0.15, 0.2) is 0 Å². The molecule has 3 fully saturated rings. The third kappa shape index (κ3) is 4.00. The molecule has 0 aromatic carbocycles. The molecule has 0 bridgehead atoms. The van der Waals surface area contributed by atoms with Gasteiger partial charge in [-0.3, -0.25) is 0 Å². The Balaban J connectivity index is 1.52. The topological polar surface area (TPSA) is 30.5 Å². The summed E-state index contributed by atoms with van der Waals surface area (Å²) in [5.41, 5.74) is 0.236. The summed E-state index contributed by atoms with van der Waals surface area (Å²) in [5.74, 6) is 0.795. The van der Waals surface area contributed by atoms with Crippen LogP contribution in [0.25, 0.3) is 0 Å². The largest absolute Gasteiger partial charge is 0.378 e. The molecule has 3 unspecified atom stereocenters. The van der Waals surface area contributed by atoms with Crippen molar-refractivity contribution in [3.63, 3.8) is 0 Å². The second-order valence-electron chi connectivity index (χ2n) is 7.45. The van der Waals surface area contributed by atoms with Crippen molar-refractivity contribution in [1.82, 2.24) is 5.32 Å². The van der Waals surface area contributed by atoms with Crippen molar-refractivity contribution in [2.24, 2.45) is 5.92 Å². The number of hydrogen-bond acceptors (Lipinski definition) is 3. The summed E-state index contributed by atoms with van der Waals surface area (Å²) >= 11 is 0. The zero-order chi connectivity index (χ0) is 14.5. The predicted molar refractivity (Wildman–Crippen MR) is 85.5 cm³/mol. The lowest BCUT2D eigenvalue weighted by molar-refractivity contribution is -0.122. The van der Waals surface area contributed by atoms with Crippen LogP contribution in [0.2, 0.25) is 0 Å². The third-order valence-electron chi connectivity index (χ3n) is 6.06. The first kappa shape index (κ1) is 15.8. The number of ether oxygens (including phenoxy) is 2. The van der Waals surface area contributed by atoms with E-state index in [1.54, 1.807) is 0 Å². The molecule has 122 valence electrons. The van der Waals surface area contributed by atoms with E-state index in [1.807, 2.05) is 0 Å². The maximum absolute atomic E-state index is 6.26. The van der Waals surface area contributed by atoms with E-state index in [0.29, 0.717) is 12.1 Å². The zero-order valence-electron chi connectivity index (χ0n) is 13.7. The second kappa shape index (κ2) is 7.43. The molecule has 0 aromatic heterocycles. The lowest BCUT2D eigenvalue weighted by atomic mass is 9.73. The molecule has 1 N–H and O–H groups in total. The molecule has 3 atom stereocenters. The molecule has 2 saturated heterocycles. The maximum atomic E-state index is 6.26. The van der Waals surface area contributed by atoms with Crippen LogP contribution in [-0.2, 0) is 9.47 Å². The Bertz CT molecular complexity index is 303. The van der Waals surface area contributed by atoms with Gasteiger partial charge in [-0.05, 0) is 64.3 Å². The summed E-state index contributed by atoms with van der Waals surface area (Å²) in [6.07, 6.45) is 14.8. The third-order valence-corrected chi connectivity index (χ3v) is 6.06. The Hall–Kier alpha value is -0.120. The van der Waals surface area contributed by atoms with E-state index >= 15 is 0 Å². The molecule has 3 aliphatic rings. The smallest absolute Gasteiger partial charge is 0.0685 e. The monoisotopic (exact) mass is 295 g/mol. The Labute approximate surface area is 130 Å². The average Bonchev–Trinajstić information content (AvgIpc) is 3.02. The Morgan fingerprint density at radius 1 is 1.10 bits per heavy atom. The van der Waals surface area contributed by atoms with Crippen LogP contribution >= 0.6 is 0 Å². The summed E-state index contributed by atoms with van der Waals surface area (Å²) in [6.45, 7) is 1.96. The van der Waals surface area contributed by atoms with Crippen molar-refractivity contribution < 1.29 is 9.47 Å². The van der Waals surface area contributed by atoms with Gasteiger partial charge in [0.05, 0.1) is 11.7 Å². The highest BCUT2D eigenvalue weighted by molar-refractivity contribution is 4.93. The molecular weight excluding hydrogens is 262 g/mol. The normalized spacial score (nSPS) is 34.1. The molecule has 1 saturated carbocycles. The zero-order valence-corrected chi connectivity index (χ0v) is 13.7. The fourth-order valence-electron chi connectivity index (χ4n) is 4.81. The van der Waals surface area contributed by atoms with Gasteiger partial charge in [0, 0.05) is 19.3 Å². The van der Waals surface area contributed by atoms with E-state index in [-0.39, 0.29) is 5.60 Å².